The summed E-state index contributed by atoms with van der Waals surface area (Å²) in [5.74, 6) is 0.0972. The molecule has 0 radical (unpaired) electrons. The third kappa shape index (κ3) is 2.68. The van der Waals surface area contributed by atoms with E-state index in [1.165, 1.54) is 11.1 Å². The van der Waals surface area contributed by atoms with Crippen LogP contribution in [-0.4, -0.2) is 35.8 Å². The molecule has 2 aliphatic rings. The number of nitrogens with zero attached hydrogens (tertiary/aromatic N) is 1. The molecule has 2 heterocycles. The standard InChI is InChI=1S/C13H20N2O2/c1-9-6-7-15(8-10(9)2)13(17)11-4-3-5-12(16)14-11/h11H,3-8H2,1-2H3,(H,14,16)/t11-/m1/s1. The predicted octanol–water partition coefficient (Wildman–Crippen LogP) is 1.22. The van der Waals surface area contributed by atoms with Crippen molar-refractivity contribution < 1.29 is 9.59 Å². The first-order chi connectivity index (χ1) is 8.08. The van der Waals surface area contributed by atoms with Gasteiger partial charge in [0, 0.05) is 19.5 Å². The zero-order chi connectivity index (χ0) is 12.4. The van der Waals surface area contributed by atoms with Crippen LogP contribution in [0.2, 0.25) is 0 Å². The van der Waals surface area contributed by atoms with E-state index in [1.54, 1.807) is 0 Å². The predicted molar refractivity (Wildman–Crippen MR) is 65.4 cm³/mol. The number of hydrogen-bond donors (Lipinski definition) is 1. The molecule has 1 N–H and O–H groups in total. The minimum absolute atomic E-state index is 0.00931. The highest BCUT2D eigenvalue weighted by Gasteiger charge is 2.29. The Hall–Kier alpha value is -1.32. The largest absolute Gasteiger partial charge is 0.344 e. The van der Waals surface area contributed by atoms with Crippen molar-refractivity contribution in [1.29, 1.82) is 0 Å². The van der Waals surface area contributed by atoms with E-state index in [0.29, 0.717) is 6.42 Å². The van der Waals surface area contributed by atoms with Gasteiger partial charge < -0.3 is 10.2 Å². The summed E-state index contributed by atoms with van der Waals surface area (Å²) in [6.45, 7) is 5.71. The number of nitrogens with one attached hydrogen (secondary N) is 1. The Labute approximate surface area is 102 Å². The molecule has 2 amide bonds. The second kappa shape index (κ2) is 4.90. The molecule has 0 spiro atoms. The molecule has 1 fully saturated rings. The Kier molecular flexibility index (Phi) is 3.50. The zero-order valence-electron chi connectivity index (χ0n) is 10.6. The average molecular weight is 236 g/mol. The SMILES string of the molecule is CC1=C(C)CN(C(=O)[C@H]2CCCC(=O)N2)CC1. The van der Waals surface area contributed by atoms with Crippen molar-refractivity contribution in [3.05, 3.63) is 11.1 Å². The van der Waals surface area contributed by atoms with Crippen molar-refractivity contribution in [2.24, 2.45) is 0 Å². The van der Waals surface area contributed by atoms with Gasteiger partial charge in [-0.05, 0) is 33.1 Å². The maximum Gasteiger partial charge on any atom is 0.245 e. The molecule has 1 atom stereocenters. The molecule has 2 aliphatic heterocycles. The number of carbonyl (C=O) groups excluding carboxylic acids is 2. The number of carbonyl (C=O) groups is 2. The first kappa shape index (κ1) is 12.1. The van der Waals surface area contributed by atoms with E-state index < -0.39 is 0 Å². The molecule has 2 rings (SSSR count). The van der Waals surface area contributed by atoms with Crippen molar-refractivity contribution in [3.8, 4) is 0 Å². The highest BCUT2D eigenvalue weighted by atomic mass is 16.2. The van der Waals surface area contributed by atoms with E-state index >= 15 is 0 Å². The number of rotatable bonds is 1. The van der Waals surface area contributed by atoms with Gasteiger partial charge in [0.25, 0.3) is 0 Å². The monoisotopic (exact) mass is 236 g/mol. The van der Waals surface area contributed by atoms with Crippen LogP contribution in [0.25, 0.3) is 0 Å². The van der Waals surface area contributed by atoms with Crippen LogP contribution < -0.4 is 5.32 Å². The minimum Gasteiger partial charge on any atom is -0.344 e. The van der Waals surface area contributed by atoms with Crippen molar-refractivity contribution in [3.63, 3.8) is 0 Å². The Morgan fingerprint density at radius 2 is 2.06 bits per heavy atom. The molecule has 17 heavy (non-hydrogen) atoms. The summed E-state index contributed by atoms with van der Waals surface area (Å²) >= 11 is 0. The summed E-state index contributed by atoms with van der Waals surface area (Å²) in [6.07, 6.45) is 3.12. The number of amides is 2. The molecular weight excluding hydrogens is 216 g/mol. The highest BCUT2D eigenvalue weighted by Crippen LogP contribution is 2.19. The molecule has 0 aromatic heterocycles. The van der Waals surface area contributed by atoms with E-state index in [9.17, 15) is 9.59 Å². The number of piperidine rings is 1. The third-order valence-corrected chi connectivity index (χ3v) is 3.75. The van der Waals surface area contributed by atoms with Crippen LogP contribution in [0.3, 0.4) is 0 Å². The Balaban J connectivity index is 1.99. The summed E-state index contributed by atoms with van der Waals surface area (Å²) in [7, 11) is 0. The Morgan fingerprint density at radius 3 is 2.71 bits per heavy atom. The zero-order valence-corrected chi connectivity index (χ0v) is 10.6. The van der Waals surface area contributed by atoms with Crippen molar-refractivity contribution in [2.45, 2.75) is 45.6 Å². The van der Waals surface area contributed by atoms with Gasteiger partial charge in [-0.15, -0.1) is 0 Å². The normalized spacial score (nSPS) is 25.9. The fraction of sp³-hybridized carbons (Fsp3) is 0.692. The lowest BCUT2D eigenvalue weighted by molar-refractivity contribution is -0.137. The van der Waals surface area contributed by atoms with Gasteiger partial charge in [0.05, 0.1) is 0 Å². The van der Waals surface area contributed by atoms with Gasteiger partial charge in [0.15, 0.2) is 0 Å². The molecule has 4 heteroatoms. The maximum absolute atomic E-state index is 12.2. The van der Waals surface area contributed by atoms with Crippen LogP contribution in [0.1, 0.15) is 39.5 Å². The number of hydrogen-bond acceptors (Lipinski definition) is 2. The van der Waals surface area contributed by atoms with Gasteiger partial charge in [-0.1, -0.05) is 11.1 Å². The summed E-state index contributed by atoms with van der Waals surface area (Å²) < 4.78 is 0. The first-order valence-corrected chi connectivity index (χ1v) is 6.31. The van der Waals surface area contributed by atoms with E-state index in [2.05, 4.69) is 19.2 Å². The average Bonchev–Trinajstić information content (AvgIpc) is 2.32. The highest BCUT2D eigenvalue weighted by molar-refractivity contribution is 5.88. The molecule has 0 unspecified atom stereocenters. The van der Waals surface area contributed by atoms with Gasteiger partial charge in [-0.25, -0.2) is 0 Å². The van der Waals surface area contributed by atoms with Gasteiger partial charge in [-0.2, -0.15) is 0 Å². The molecule has 0 saturated carbocycles. The van der Waals surface area contributed by atoms with Gasteiger partial charge in [0.2, 0.25) is 11.8 Å². The first-order valence-electron chi connectivity index (χ1n) is 6.31. The van der Waals surface area contributed by atoms with Gasteiger partial charge in [-0.3, -0.25) is 9.59 Å². The fourth-order valence-corrected chi connectivity index (χ4v) is 2.42. The second-order valence-corrected chi connectivity index (χ2v) is 5.08. The molecular formula is C13H20N2O2. The third-order valence-electron chi connectivity index (χ3n) is 3.75. The van der Waals surface area contributed by atoms with Crippen LogP contribution in [-0.2, 0) is 9.59 Å². The quantitative estimate of drug-likeness (QED) is 0.696. The molecule has 0 aliphatic carbocycles. The van der Waals surface area contributed by atoms with Crippen molar-refractivity contribution in [2.75, 3.05) is 13.1 Å². The van der Waals surface area contributed by atoms with Crippen molar-refractivity contribution in [1.82, 2.24) is 10.2 Å². The van der Waals surface area contributed by atoms with Crippen LogP contribution in [0.5, 0.6) is 0 Å². The van der Waals surface area contributed by atoms with Gasteiger partial charge >= 0.3 is 0 Å². The molecule has 1 saturated heterocycles. The second-order valence-electron chi connectivity index (χ2n) is 5.08. The summed E-state index contributed by atoms with van der Waals surface area (Å²) in [5.41, 5.74) is 2.67. The maximum atomic E-state index is 12.2. The van der Waals surface area contributed by atoms with Crippen LogP contribution in [0, 0.1) is 0 Å². The lowest BCUT2D eigenvalue weighted by Crippen LogP contribution is -2.51. The topological polar surface area (TPSA) is 49.4 Å². The van der Waals surface area contributed by atoms with E-state index in [1.807, 2.05) is 4.90 Å². The summed E-state index contributed by atoms with van der Waals surface area (Å²) in [4.78, 5) is 25.4. The molecule has 0 bridgehead atoms. The molecule has 0 aromatic rings. The fourth-order valence-electron chi connectivity index (χ4n) is 2.42. The van der Waals surface area contributed by atoms with Crippen molar-refractivity contribution >= 4 is 11.8 Å². The van der Waals surface area contributed by atoms with Crippen LogP contribution in [0.4, 0.5) is 0 Å². The molecule has 0 aromatic carbocycles. The summed E-state index contributed by atoms with van der Waals surface area (Å²) in [5, 5.41) is 2.79. The van der Waals surface area contributed by atoms with E-state index in [-0.39, 0.29) is 17.9 Å². The van der Waals surface area contributed by atoms with E-state index in [4.69, 9.17) is 0 Å². The Bertz CT molecular complexity index is 374. The van der Waals surface area contributed by atoms with Gasteiger partial charge in [0.1, 0.15) is 6.04 Å². The lowest BCUT2D eigenvalue weighted by atomic mass is 9.99. The lowest BCUT2D eigenvalue weighted by Gasteiger charge is -2.33. The van der Waals surface area contributed by atoms with E-state index in [0.717, 1.165) is 32.4 Å². The minimum atomic E-state index is -0.289. The smallest absolute Gasteiger partial charge is 0.245 e. The molecule has 4 nitrogen and oxygen atoms in total. The molecule has 94 valence electrons. The van der Waals surface area contributed by atoms with Crippen LogP contribution >= 0.6 is 0 Å². The van der Waals surface area contributed by atoms with Crippen LogP contribution in [0.15, 0.2) is 11.1 Å². The Morgan fingerprint density at radius 1 is 1.29 bits per heavy atom. The summed E-state index contributed by atoms with van der Waals surface area (Å²) in [6, 6.07) is -0.289.